The van der Waals surface area contributed by atoms with E-state index in [-0.39, 0.29) is 23.6 Å². The van der Waals surface area contributed by atoms with E-state index in [1.165, 1.54) is 7.11 Å². The number of rotatable bonds is 4. The molecular weight excluding hydrogens is 264 g/mol. The van der Waals surface area contributed by atoms with Gasteiger partial charge in [0.25, 0.3) is 0 Å². The van der Waals surface area contributed by atoms with E-state index >= 15 is 0 Å². The topological polar surface area (TPSA) is 43.4 Å². The van der Waals surface area contributed by atoms with Gasteiger partial charge in [-0.05, 0) is 32.3 Å². The highest BCUT2D eigenvalue weighted by atomic mass is 16.5. The fourth-order valence-corrected chi connectivity index (χ4v) is 3.56. The fraction of sp³-hybridized carbons (Fsp3) is 0.556. The van der Waals surface area contributed by atoms with E-state index in [1.54, 1.807) is 0 Å². The first-order valence-electron chi connectivity index (χ1n) is 7.64. The van der Waals surface area contributed by atoms with E-state index in [0.717, 1.165) is 24.8 Å². The highest BCUT2D eigenvalue weighted by molar-refractivity contribution is 5.85. The molecule has 0 bridgehead atoms. The van der Waals surface area contributed by atoms with Gasteiger partial charge in [-0.25, -0.2) is 0 Å². The van der Waals surface area contributed by atoms with Crippen molar-refractivity contribution in [2.75, 3.05) is 7.11 Å². The quantitative estimate of drug-likeness (QED) is 0.793. The molecule has 1 aromatic rings. The Morgan fingerprint density at radius 1 is 1.24 bits per heavy atom. The lowest BCUT2D eigenvalue weighted by atomic mass is 9.64. The molecule has 0 aromatic heterocycles. The van der Waals surface area contributed by atoms with Crippen molar-refractivity contribution in [2.45, 2.75) is 45.4 Å². The van der Waals surface area contributed by atoms with E-state index in [2.05, 4.69) is 0 Å². The number of benzene rings is 1. The van der Waals surface area contributed by atoms with Gasteiger partial charge >= 0.3 is 5.97 Å². The van der Waals surface area contributed by atoms with Crippen molar-refractivity contribution in [1.29, 1.82) is 0 Å². The van der Waals surface area contributed by atoms with Crippen molar-refractivity contribution in [3.05, 3.63) is 35.9 Å². The maximum absolute atomic E-state index is 12.4. The Hall–Kier alpha value is -1.64. The van der Waals surface area contributed by atoms with Crippen LogP contribution in [0.4, 0.5) is 0 Å². The van der Waals surface area contributed by atoms with Crippen LogP contribution in [0.25, 0.3) is 0 Å². The fourth-order valence-electron chi connectivity index (χ4n) is 3.56. The number of ketones is 1. The minimum absolute atomic E-state index is 0.0877. The normalized spacial score (nSPS) is 20.9. The third kappa shape index (κ3) is 3.17. The van der Waals surface area contributed by atoms with Gasteiger partial charge in [0.1, 0.15) is 5.78 Å². The summed E-state index contributed by atoms with van der Waals surface area (Å²) >= 11 is 0. The summed E-state index contributed by atoms with van der Waals surface area (Å²) in [4.78, 5) is 24.7. The van der Waals surface area contributed by atoms with Crippen molar-refractivity contribution in [2.24, 2.45) is 11.3 Å². The van der Waals surface area contributed by atoms with Crippen LogP contribution in [0.1, 0.15) is 51.0 Å². The molecule has 1 aliphatic rings. The van der Waals surface area contributed by atoms with Gasteiger partial charge in [0.15, 0.2) is 0 Å². The molecular formula is C18H24O3. The third-order valence-electron chi connectivity index (χ3n) is 4.65. The second kappa shape index (κ2) is 6.42. The Bertz CT molecular complexity index is 504. The number of esters is 1. The van der Waals surface area contributed by atoms with Crippen LogP contribution in [0.2, 0.25) is 0 Å². The highest BCUT2D eigenvalue weighted by Crippen LogP contribution is 2.46. The summed E-state index contributed by atoms with van der Waals surface area (Å²) < 4.78 is 4.99. The minimum Gasteiger partial charge on any atom is -0.469 e. The molecule has 1 aromatic carbocycles. The van der Waals surface area contributed by atoms with Gasteiger partial charge in [-0.3, -0.25) is 9.59 Å². The maximum Gasteiger partial charge on any atom is 0.311 e. The van der Waals surface area contributed by atoms with Crippen molar-refractivity contribution in [1.82, 2.24) is 0 Å². The molecule has 2 atom stereocenters. The maximum atomic E-state index is 12.4. The van der Waals surface area contributed by atoms with Crippen LogP contribution < -0.4 is 0 Å². The molecule has 0 heterocycles. The predicted molar refractivity (Wildman–Crippen MR) is 81.9 cm³/mol. The molecule has 1 fully saturated rings. The number of hydrogen-bond acceptors (Lipinski definition) is 3. The van der Waals surface area contributed by atoms with Gasteiger partial charge in [-0.15, -0.1) is 0 Å². The van der Waals surface area contributed by atoms with Crippen LogP contribution in [0.5, 0.6) is 0 Å². The molecule has 0 unspecified atom stereocenters. The first-order valence-corrected chi connectivity index (χ1v) is 7.64. The van der Waals surface area contributed by atoms with Gasteiger partial charge in [-0.2, -0.15) is 0 Å². The van der Waals surface area contributed by atoms with Crippen LogP contribution in [0, 0.1) is 11.3 Å². The van der Waals surface area contributed by atoms with Crippen LogP contribution in [-0.2, 0) is 14.3 Å². The lowest BCUT2D eigenvalue weighted by molar-refractivity contribution is -0.153. The average molecular weight is 288 g/mol. The van der Waals surface area contributed by atoms with Gasteiger partial charge in [0.2, 0.25) is 0 Å². The SMILES string of the molecule is COC(=O)C(C)(C)[C@@H](c1ccccc1)[C@H]1CCCCC1=O. The number of carbonyl (C=O) groups excluding carboxylic acids is 2. The summed E-state index contributed by atoms with van der Waals surface area (Å²) in [6.45, 7) is 3.77. The third-order valence-corrected chi connectivity index (χ3v) is 4.65. The standard InChI is InChI=1S/C18H24O3/c1-18(2,17(20)21-3)16(13-9-5-4-6-10-13)14-11-7-8-12-15(14)19/h4-6,9-10,14,16H,7-8,11-12H2,1-3H3/t14-,16-/m0/s1. The Kier molecular flexibility index (Phi) is 4.81. The van der Waals surface area contributed by atoms with Gasteiger partial charge < -0.3 is 4.74 Å². The molecule has 3 nitrogen and oxygen atoms in total. The van der Waals surface area contributed by atoms with Crippen LogP contribution in [0.15, 0.2) is 30.3 Å². The largest absolute Gasteiger partial charge is 0.469 e. The molecule has 2 rings (SSSR count). The minimum atomic E-state index is -0.715. The van der Waals surface area contributed by atoms with E-state index in [4.69, 9.17) is 4.74 Å². The van der Waals surface area contributed by atoms with Crippen LogP contribution in [-0.4, -0.2) is 18.9 Å². The molecule has 0 saturated heterocycles. The summed E-state index contributed by atoms with van der Waals surface area (Å²) in [6.07, 6.45) is 3.51. The Labute approximate surface area is 126 Å². The number of ether oxygens (including phenoxy) is 1. The van der Waals surface area contributed by atoms with E-state index in [0.29, 0.717) is 6.42 Å². The van der Waals surface area contributed by atoms with Gasteiger partial charge in [-0.1, -0.05) is 36.8 Å². The van der Waals surface area contributed by atoms with Gasteiger partial charge in [0, 0.05) is 18.3 Å². The van der Waals surface area contributed by atoms with Gasteiger partial charge in [0.05, 0.1) is 12.5 Å². The Balaban J connectivity index is 2.44. The van der Waals surface area contributed by atoms with Crippen molar-refractivity contribution in [3.63, 3.8) is 0 Å². The first-order chi connectivity index (χ1) is 9.98. The zero-order valence-electron chi connectivity index (χ0n) is 13.1. The Morgan fingerprint density at radius 2 is 1.90 bits per heavy atom. The summed E-state index contributed by atoms with van der Waals surface area (Å²) in [6, 6.07) is 9.90. The molecule has 0 aliphatic heterocycles. The van der Waals surface area contributed by atoms with Crippen molar-refractivity contribution in [3.8, 4) is 0 Å². The van der Waals surface area contributed by atoms with Crippen molar-refractivity contribution >= 4 is 11.8 Å². The molecule has 0 spiro atoms. The van der Waals surface area contributed by atoms with Crippen LogP contribution in [0.3, 0.4) is 0 Å². The summed E-state index contributed by atoms with van der Waals surface area (Å²) in [5.74, 6) is -0.184. The highest BCUT2D eigenvalue weighted by Gasteiger charge is 2.45. The zero-order chi connectivity index (χ0) is 15.5. The monoisotopic (exact) mass is 288 g/mol. The predicted octanol–water partition coefficient (Wildman–Crippen LogP) is 3.73. The molecule has 0 radical (unpaired) electrons. The van der Waals surface area contributed by atoms with E-state index < -0.39 is 5.41 Å². The molecule has 114 valence electrons. The smallest absolute Gasteiger partial charge is 0.311 e. The molecule has 1 aliphatic carbocycles. The molecule has 1 saturated carbocycles. The number of hydrogen-bond donors (Lipinski definition) is 0. The summed E-state index contributed by atoms with van der Waals surface area (Å²) in [7, 11) is 1.41. The molecule has 0 N–H and O–H groups in total. The number of Topliss-reactive ketones (excluding diaryl/α,β-unsaturated/α-hetero) is 1. The molecule has 3 heteroatoms. The number of methoxy groups -OCH3 is 1. The lowest BCUT2D eigenvalue weighted by Crippen LogP contribution is -2.40. The second-order valence-electron chi connectivity index (χ2n) is 6.42. The van der Waals surface area contributed by atoms with E-state index in [9.17, 15) is 9.59 Å². The molecule has 0 amide bonds. The summed E-state index contributed by atoms with van der Waals surface area (Å²) in [5, 5.41) is 0. The van der Waals surface area contributed by atoms with Crippen molar-refractivity contribution < 1.29 is 14.3 Å². The lowest BCUT2D eigenvalue weighted by Gasteiger charge is -2.38. The second-order valence-corrected chi connectivity index (χ2v) is 6.42. The first kappa shape index (κ1) is 15.7. The Morgan fingerprint density at radius 3 is 2.48 bits per heavy atom. The molecule has 21 heavy (non-hydrogen) atoms. The van der Waals surface area contributed by atoms with E-state index in [1.807, 2.05) is 44.2 Å². The summed E-state index contributed by atoms with van der Waals surface area (Å²) in [5.41, 5.74) is 0.335. The zero-order valence-corrected chi connectivity index (χ0v) is 13.1. The number of carbonyl (C=O) groups is 2. The average Bonchev–Trinajstić information content (AvgIpc) is 2.49. The van der Waals surface area contributed by atoms with Crippen LogP contribution >= 0.6 is 0 Å².